The Morgan fingerprint density at radius 1 is 1.03 bits per heavy atom. The fourth-order valence-electron chi connectivity index (χ4n) is 4.02. The van der Waals surface area contributed by atoms with Crippen LogP contribution in [0.3, 0.4) is 0 Å². The van der Waals surface area contributed by atoms with E-state index in [0.717, 1.165) is 5.56 Å². The lowest BCUT2D eigenvalue weighted by molar-refractivity contribution is 0.331. The number of anilines is 1. The van der Waals surface area contributed by atoms with E-state index in [1.807, 2.05) is 26.0 Å². The zero-order valence-electron chi connectivity index (χ0n) is 20.9. The molecule has 3 aromatic carbocycles. The molecule has 1 N–H and O–H groups in total. The molecular formula is C27H29N3O5S. The van der Waals surface area contributed by atoms with Crippen molar-refractivity contribution in [2.45, 2.75) is 38.5 Å². The van der Waals surface area contributed by atoms with Crippen LogP contribution < -0.4 is 19.8 Å². The van der Waals surface area contributed by atoms with Crippen molar-refractivity contribution in [1.82, 2.24) is 9.55 Å². The highest BCUT2D eigenvalue weighted by atomic mass is 32.2. The molecular weight excluding hydrogens is 478 g/mol. The summed E-state index contributed by atoms with van der Waals surface area (Å²) in [7, 11) is -2.57. The molecule has 0 bridgehead atoms. The number of hydrogen-bond acceptors (Lipinski definition) is 6. The molecule has 9 heteroatoms. The normalized spacial score (nSPS) is 11.6. The molecule has 0 spiro atoms. The number of nitrogens with zero attached hydrogens (tertiary/aromatic N) is 2. The molecule has 4 aromatic rings. The van der Waals surface area contributed by atoms with E-state index < -0.39 is 10.0 Å². The minimum absolute atomic E-state index is 0.0486. The van der Waals surface area contributed by atoms with E-state index in [2.05, 4.69) is 9.71 Å². The highest BCUT2D eigenvalue weighted by Gasteiger charge is 2.23. The number of rotatable bonds is 8. The summed E-state index contributed by atoms with van der Waals surface area (Å²) in [5, 5.41) is 0.486. The third-order valence-electron chi connectivity index (χ3n) is 5.85. The largest absolute Gasteiger partial charge is 0.494 e. The Bertz CT molecular complexity index is 1590. The monoisotopic (exact) mass is 507 g/mol. The van der Waals surface area contributed by atoms with Gasteiger partial charge in [0.2, 0.25) is 0 Å². The second-order valence-electron chi connectivity index (χ2n) is 8.60. The first-order valence-electron chi connectivity index (χ1n) is 11.6. The molecule has 8 nitrogen and oxygen atoms in total. The molecule has 0 radical (unpaired) electrons. The molecule has 0 aliphatic carbocycles. The Morgan fingerprint density at radius 2 is 1.78 bits per heavy atom. The molecule has 0 aliphatic rings. The summed E-state index contributed by atoms with van der Waals surface area (Å²) in [5.74, 6) is 1.17. The van der Waals surface area contributed by atoms with Crippen molar-refractivity contribution in [2.24, 2.45) is 0 Å². The topological polar surface area (TPSA) is 99.5 Å². The van der Waals surface area contributed by atoms with Gasteiger partial charge in [-0.3, -0.25) is 14.1 Å². The summed E-state index contributed by atoms with van der Waals surface area (Å²) in [6.45, 7) is 7.86. The van der Waals surface area contributed by atoms with Crippen LogP contribution in [0.15, 0.2) is 70.4 Å². The number of ether oxygens (including phenoxy) is 2. The number of hydrogen-bond donors (Lipinski definition) is 1. The predicted molar refractivity (Wildman–Crippen MR) is 141 cm³/mol. The summed E-state index contributed by atoms with van der Waals surface area (Å²) in [6, 6.07) is 17.1. The van der Waals surface area contributed by atoms with Gasteiger partial charge in [0, 0.05) is 6.07 Å². The second kappa shape index (κ2) is 10.0. The third kappa shape index (κ3) is 4.79. The Kier molecular flexibility index (Phi) is 7.03. The van der Waals surface area contributed by atoms with E-state index >= 15 is 0 Å². The van der Waals surface area contributed by atoms with Crippen molar-refractivity contribution >= 4 is 26.6 Å². The van der Waals surface area contributed by atoms with Crippen molar-refractivity contribution in [3.63, 3.8) is 0 Å². The third-order valence-corrected chi connectivity index (χ3v) is 7.24. The average Bonchev–Trinajstić information content (AvgIpc) is 2.85. The number of aryl methyl sites for hydroxylation is 1. The number of aromatic nitrogens is 2. The van der Waals surface area contributed by atoms with Gasteiger partial charge in [-0.1, -0.05) is 32.0 Å². The maximum atomic E-state index is 13.4. The first kappa shape index (κ1) is 25.2. The molecule has 1 heterocycles. The number of fused-ring (bicyclic) bond motifs is 1. The molecule has 0 fully saturated rings. The summed E-state index contributed by atoms with van der Waals surface area (Å²) in [6.07, 6.45) is 0. The summed E-state index contributed by atoms with van der Waals surface area (Å²) >= 11 is 0. The molecule has 1 aromatic heterocycles. The number of para-hydroxylation sites is 1. The van der Waals surface area contributed by atoms with Gasteiger partial charge in [0.1, 0.15) is 22.2 Å². The first-order valence-corrected chi connectivity index (χ1v) is 13.1. The molecule has 0 atom stereocenters. The minimum atomic E-state index is -4.01. The Balaban J connectivity index is 1.77. The van der Waals surface area contributed by atoms with Crippen molar-refractivity contribution in [3.05, 3.63) is 82.4 Å². The predicted octanol–water partition coefficient (Wildman–Crippen LogP) is 5.03. The Hall–Kier alpha value is -3.85. The van der Waals surface area contributed by atoms with Crippen LogP contribution in [0, 0.1) is 6.92 Å². The van der Waals surface area contributed by atoms with E-state index in [4.69, 9.17) is 9.47 Å². The van der Waals surface area contributed by atoms with E-state index in [1.165, 1.54) is 11.7 Å². The van der Waals surface area contributed by atoms with Crippen LogP contribution in [0.4, 0.5) is 5.69 Å². The van der Waals surface area contributed by atoms with Crippen LogP contribution in [0.25, 0.3) is 16.6 Å². The van der Waals surface area contributed by atoms with Gasteiger partial charge >= 0.3 is 0 Å². The smallest absolute Gasteiger partial charge is 0.265 e. The average molecular weight is 508 g/mol. The lowest BCUT2D eigenvalue weighted by Crippen LogP contribution is -2.22. The van der Waals surface area contributed by atoms with Crippen LogP contribution in [0.2, 0.25) is 0 Å². The number of methoxy groups -OCH3 is 1. The van der Waals surface area contributed by atoms with Gasteiger partial charge in [-0.2, -0.15) is 0 Å². The maximum absolute atomic E-state index is 13.4. The van der Waals surface area contributed by atoms with Gasteiger partial charge in [-0.25, -0.2) is 13.4 Å². The van der Waals surface area contributed by atoms with Gasteiger partial charge in [-0.05, 0) is 61.7 Å². The SMILES string of the molecule is CCOc1ccc(C(C)C)cc1S(=O)(=O)Nc1ccc(-n2c(C)nc3ccccc3c2=O)cc1OC. The Labute approximate surface area is 210 Å². The van der Waals surface area contributed by atoms with Crippen LogP contribution in [-0.4, -0.2) is 31.7 Å². The Morgan fingerprint density at radius 3 is 2.47 bits per heavy atom. The number of benzene rings is 3. The molecule has 36 heavy (non-hydrogen) atoms. The number of nitrogens with one attached hydrogen (secondary N) is 1. The first-order chi connectivity index (χ1) is 17.2. The quantitative estimate of drug-likeness (QED) is 0.359. The van der Waals surface area contributed by atoms with Crippen molar-refractivity contribution in [2.75, 3.05) is 18.4 Å². The highest BCUT2D eigenvalue weighted by Crippen LogP contribution is 2.33. The van der Waals surface area contributed by atoms with Gasteiger partial charge < -0.3 is 9.47 Å². The van der Waals surface area contributed by atoms with Gasteiger partial charge in [0.05, 0.1) is 36.0 Å². The van der Waals surface area contributed by atoms with Gasteiger partial charge in [0.25, 0.3) is 15.6 Å². The zero-order valence-corrected chi connectivity index (χ0v) is 21.7. The summed E-state index contributed by atoms with van der Waals surface area (Å²) in [5.41, 5.74) is 2.01. The van der Waals surface area contributed by atoms with E-state index in [1.54, 1.807) is 62.4 Å². The molecule has 0 aliphatic heterocycles. The van der Waals surface area contributed by atoms with E-state index in [-0.39, 0.29) is 33.6 Å². The molecule has 188 valence electrons. The minimum Gasteiger partial charge on any atom is -0.494 e. The fraction of sp³-hybridized carbons (Fsp3) is 0.259. The van der Waals surface area contributed by atoms with Crippen molar-refractivity contribution in [3.8, 4) is 17.2 Å². The van der Waals surface area contributed by atoms with Crippen LogP contribution in [0.5, 0.6) is 11.5 Å². The van der Waals surface area contributed by atoms with Gasteiger partial charge in [0.15, 0.2) is 0 Å². The summed E-state index contributed by atoms with van der Waals surface area (Å²) < 4.78 is 42.1. The molecule has 0 amide bonds. The van der Waals surface area contributed by atoms with E-state index in [0.29, 0.717) is 29.0 Å². The van der Waals surface area contributed by atoms with Crippen molar-refractivity contribution < 1.29 is 17.9 Å². The van der Waals surface area contributed by atoms with E-state index in [9.17, 15) is 13.2 Å². The second-order valence-corrected chi connectivity index (χ2v) is 10.3. The number of sulfonamides is 1. The van der Waals surface area contributed by atoms with Crippen LogP contribution in [0.1, 0.15) is 38.1 Å². The lowest BCUT2D eigenvalue weighted by atomic mass is 10.0. The fourth-order valence-corrected chi connectivity index (χ4v) is 5.27. The van der Waals surface area contributed by atoms with Gasteiger partial charge in [-0.15, -0.1) is 0 Å². The molecule has 4 rings (SSSR count). The molecule has 0 saturated carbocycles. The molecule has 0 unspecified atom stereocenters. The molecule has 0 saturated heterocycles. The van der Waals surface area contributed by atoms with Crippen LogP contribution in [-0.2, 0) is 10.0 Å². The van der Waals surface area contributed by atoms with Crippen LogP contribution >= 0.6 is 0 Å². The maximum Gasteiger partial charge on any atom is 0.265 e. The van der Waals surface area contributed by atoms with Crippen molar-refractivity contribution in [1.29, 1.82) is 0 Å². The standard InChI is InChI=1S/C27H29N3O5S/c1-6-35-24-14-11-19(17(2)3)15-26(24)36(32,33)29-23-13-12-20(16-25(23)34-5)30-18(4)28-22-10-8-7-9-21(22)27(30)31/h7-17,29H,6H2,1-5H3. The summed E-state index contributed by atoms with van der Waals surface area (Å²) in [4.78, 5) is 17.8. The lowest BCUT2D eigenvalue weighted by Gasteiger charge is -2.18. The zero-order chi connectivity index (χ0) is 26.0. The highest BCUT2D eigenvalue weighted by molar-refractivity contribution is 7.92.